The summed E-state index contributed by atoms with van der Waals surface area (Å²) in [5.74, 6) is -0.212. The molecule has 0 spiro atoms. The van der Waals surface area contributed by atoms with Gasteiger partial charge in [-0.3, -0.25) is 0 Å². The summed E-state index contributed by atoms with van der Waals surface area (Å²) in [5.41, 5.74) is 2.08. The van der Waals surface area contributed by atoms with E-state index in [1.54, 1.807) is 25.3 Å². The zero-order valence-corrected chi connectivity index (χ0v) is 16.5. The predicted molar refractivity (Wildman–Crippen MR) is 102 cm³/mol. The lowest BCUT2D eigenvalue weighted by Crippen LogP contribution is -2.28. The molecule has 1 N–H and O–H groups in total. The quantitative estimate of drug-likeness (QED) is 0.735. The van der Waals surface area contributed by atoms with E-state index < -0.39 is 6.36 Å². The number of alkyl halides is 3. The molecule has 2 aromatic rings. The van der Waals surface area contributed by atoms with Crippen molar-refractivity contribution in [2.24, 2.45) is 0 Å². The van der Waals surface area contributed by atoms with Crippen LogP contribution in [0.5, 0.6) is 5.75 Å². The molecule has 4 nitrogen and oxygen atoms in total. The third kappa shape index (κ3) is 5.13. The molecule has 1 atom stereocenters. The Hall–Kier alpha value is -1.80. The first-order valence-corrected chi connectivity index (χ1v) is 9.86. The second-order valence-corrected chi connectivity index (χ2v) is 7.98. The number of ether oxygens (including phenoxy) is 1. The number of hydrogen-bond acceptors (Lipinski definition) is 5. The summed E-state index contributed by atoms with van der Waals surface area (Å²) in [4.78, 5) is 8.12. The zero-order valence-electron chi connectivity index (χ0n) is 15.7. The lowest BCUT2D eigenvalue weighted by atomic mass is 10.1. The standard InChI is InChI=1S/C19H24F3N3OS/c1-12-9-14(11-15(10-12)26-19(20,21)22)17-16(27-18(23-3)24-17)6-8-25-7-4-5-13(25)2/h9-11,13H,4-8H2,1-3H3,(H,23,24). The molecule has 148 valence electrons. The van der Waals surface area contributed by atoms with E-state index in [-0.39, 0.29) is 5.75 Å². The van der Waals surface area contributed by atoms with Crippen molar-refractivity contribution in [1.82, 2.24) is 9.88 Å². The minimum absolute atomic E-state index is 0.212. The number of benzene rings is 1. The summed E-state index contributed by atoms with van der Waals surface area (Å²) in [6.07, 6.45) is -1.46. The number of halogens is 3. The number of aryl methyl sites for hydroxylation is 1. The second kappa shape index (κ2) is 8.06. The molecule has 0 bridgehead atoms. The summed E-state index contributed by atoms with van der Waals surface area (Å²) < 4.78 is 42.0. The van der Waals surface area contributed by atoms with Gasteiger partial charge in [-0.05, 0) is 63.4 Å². The van der Waals surface area contributed by atoms with Crippen molar-refractivity contribution in [2.45, 2.75) is 45.5 Å². The highest BCUT2D eigenvalue weighted by molar-refractivity contribution is 7.16. The molecule has 0 amide bonds. The lowest BCUT2D eigenvalue weighted by Gasteiger charge is -2.20. The molecule has 1 unspecified atom stereocenters. The van der Waals surface area contributed by atoms with Gasteiger partial charge in [0.25, 0.3) is 0 Å². The number of thiazole rings is 1. The van der Waals surface area contributed by atoms with E-state index in [2.05, 4.69) is 26.9 Å². The number of nitrogens with zero attached hydrogens (tertiary/aromatic N) is 2. The number of hydrogen-bond donors (Lipinski definition) is 1. The number of aromatic nitrogens is 1. The highest BCUT2D eigenvalue weighted by Crippen LogP contribution is 2.35. The van der Waals surface area contributed by atoms with Crippen molar-refractivity contribution in [1.29, 1.82) is 0 Å². The topological polar surface area (TPSA) is 37.4 Å². The maximum atomic E-state index is 12.6. The minimum Gasteiger partial charge on any atom is -0.406 e. The van der Waals surface area contributed by atoms with Gasteiger partial charge in [0.2, 0.25) is 0 Å². The molecule has 1 fully saturated rings. The van der Waals surface area contributed by atoms with Crippen molar-refractivity contribution in [3.63, 3.8) is 0 Å². The second-order valence-electron chi connectivity index (χ2n) is 6.90. The van der Waals surface area contributed by atoms with Crippen molar-refractivity contribution in [3.05, 3.63) is 28.6 Å². The Morgan fingerprint density at radius 3 is 2.74 bits per heavy atom. The van der Waals surface area contributed by atoms with Crippen LogP contribution in [0.1, 0.15) is 30.2 Å². The Morgan fingerprint density at radius 1 is 1.33 bits per heavy atom. The molecule has 8 heteroatoms. The van der Waals surface area contributed by atoms with Gasteiger partial charge in [-0.1, -0.05) is 0 Å². The summed E-state index contributed by atoms with van der Waals surface area (Å²) in [7, 11) is 1.80. The number of nitrogens with one attached hydrogen (secondary N) is 1. The van der Waals surface area contributed by atoms with Crippen LogP contribution in [-0.2, 0) is 6.42 Å². The fourth-order valence-corrected chi connectivity index (χ4v) is 4.43. The zero-order chi connectivity index (χ0) is 19.6. The molecule has 0 radical (unpaired) electrons. The van der Waals surface area contributed by atoms with Crippen molar-refractivity contribution >= 4 is 16.5 Å². The Morgan fingerprint density at radius 2 is 2.11 bits per heavy atom. The average Bonchev–Trinajstić information content (AvgIpc) is 3.16. The smallest absolute Gasteiger partial charge is 0.406 e. The highest BCUT2D eigenvalue weighted by Gasteiger charge is 2.31. The van der Waals surface area contributed by atoms with Gasteiger partial charge in [-0.2, -0.15) is 0 Å². The van der Waals surface area contributed by atoms with Gasteiger partial charge < -0.3 is 15.0 Å². The molecule has 1 saturated heterocycles. The van der Waals surface area contributed by atoms with Crippen LogP contribution in [0.4, 0.5) is 18.3 Å². The number of likely N-dealkylation sites (tertiary alicyclic amines) is 1. The van der Waals surface area contributed by atoms with Crippen LogP contribution >= 0.6 is 11.3 Å². The first kappa shape index (κ1) is 19.9. The lowest BCUT2D eigenvalue weighted by molar-refractivity contribution is -0.274. The van der Waals surface area contributed by atoms with Gasteiger partial charge in [0, 0.05) is 30.1 Å². The van der Waals surface area contributed by atoms with E-state index in [9.17, 15) is 13.2 Å². The normalized spacial score (nSPS) is 18.1. The molecule has 0 saturated carbocycles. The summed E-state index contributed by atoms with van der Waals surface area (Å²) in [6.45, 7) is 6.02. The van der Waals surface area contributed by atoms with Crippen molar-refractivity contribution in [2.75, 3.05) is 25.5 Å². The van der Waals surface area contributed by atoms with Crippen LogP contribution in [0, 0.1) is 6.92 Å². The molecule has 0 aliphatic carbocycles. The summed E-state index contributed by atoms with van der Waals surface area (Å²) >= 11 is 1.55. The highest BCUT2D eigenvalue weighted by atomic mass is 32.1. The molecule has 2 heterocycles. The van der Waals surface area contributed by atoms with Gasteiger partial charge in [0.15, 0.2) is 5.13 Å². The number of anilines is 1. The van der Waals surface area contributed by atoms with E-state index in [4.69, 9.17) is 0 Å². The third-order valence-electron chi connectivity index (χ3n) is 4.79. The Bertz CT molecular complexity index is 791. The molecule has 1 aromatic carbocycles. The van der Waals surface area contributed by atoms with Gasteiger partial charge in [0.05, 0.1) is 5.69 Å². The minimum atomic E-state index is -4.71. The average molecular weight is 399 g/mol. The monoisotopic (exact) mass is 399 g/mol. The maximum Gasteiger partial charge on any atom is 0.573 e. The van der Waals surface area contributed by atoms with Gasteiger partial charge in [-0.25, -0.2) is 4.98 Å². The third-order valence-corrected chi connectivity index (χ3v) is 5.92. The first-order valence-electron chi connectivity index (χ1n) is 9.04. The van der Waals surface area contributed by atoms with Crippen LogP contribution in [-0.4, -0.2) is 42.4 Å². The van der Waals surface area contributed by atoms with Crippen LogP contribution in [0.15, 0.2) is 18.2 Å². The molecule has 1 aliphatic heterocycles. The van der Waals surface area contributed by atoms with Crippen LogP contribution in [0.3, 0.4) is 0 Å². The van der Waals surface area contributed by atoms with E-state index in [1.165, 1.54) is 25.0 Å². The summed E-state index contributed by atoms with van der Waals surface area (Å²) in [6, 6.07) is 5.22. The van der Waals surface area contributed by atoms with Gasteiger partial charge in [0.1, 0.15) is 5.75 Å². The van der Waals surface area contributed by atoms with Gasteiger partial charge >= 0.3 is 6.36 Å². The largest absolute Gasteiger partial charge is 0.573 e. The van der Waals surface area contributed by atoms with Crippen LogP contribution in [0.25, 0.3) is 11.3 Å². The van der Waals surface area contributed by atoms with E-state index >= 15 is 0 Å². The fourth-order valence-electron chi connectivity index (χ4n) is 3.50. The SMILES string of the molecule is CNc1nc(-c2cc(C)cc(OC(F)(F)F)c2)c(CCN2CCCC2C)s1. The fraction of sp³-hybridized carbons (Fsp3) is 0.526. The Balaban J connectivity index is 1.88. The molecule has 27 heavy (non-hydrogen) atoms. The summed E-state index contributed by atoms with van der Waals surface area (Å²) in [5, 5.41) is 3.80. The van der Waals surface area contributed by atoms with Crippen molar-refractivity contribution < 1.29 is 17.9 Å². The van der Waals surface area contributed by atoms with E-state index in [0.717, 1.165) is 35.2 Å². The molecule has 1 aromatic heterocycles. The van der Waals surface area contributed by atoms with Crippen LogP contribution in [0.2, 0.25) is 0 Å². The van der Waals surface area contributed by atoms with Crippen LogP contribution < -0.4 is 10.1 Å². The number of rotatable bonds is 6. The van der Waals surface area contributed by atoms with Gasteiger partial charge in [-0.15, -0.1) is 24.5 Å². The molecule has 1 aliphatic rings. The maximum absolute atomic E-state index is 12.6. The van der Waals surface area contributed by atoms with Crippen molar-refractivity contribution in [3.8, 4) is 17.0 Å². The Kier molecular flexibility index (Phi) is 5.95. The first-order chi connectivity index (χ1) is 12.7. The predicted octanol–water partition coefficient (Wildman–Crippen LogP) is 5.09. The van der Waals surface area contributed by atoms with E-state index in [0.29, 0.717) is 17.2 Å². The van der Waals surface area contributed by atoms with E-state index in [1.807, 2.05) is 6.07 Å². The molecular weight excluding hydrogens is 375 g/mol. The molecule has 3 rings (SSSR count). The molecular formula is C19H24F3N3OS. The Labute approximate surface area is 161 Å².